The molecule has 0 rings (SSSR count). The van der Waals surface area contributed by atoms with E-state index in [1.54, 1.807) is 6.92 Å². The average Bonchev–Trinajstić information content (AvgIpc) is 2.08. The van der Waals surface area contributed by atoms with Crippen LogP contribution in [0.3, 0.4) is 0 Å². The number of ketones is 2. The second-order valence-electron chi connectivity index (χ2n) is 9.74. The van der Waals surface area contributed by atoms with E-state index in [0.717, 1.165) is 6.42 Å². The van der Waals surface area contributed by atoms with Crippen molar-refractivity contribution in [3.63, 3.8) is 0 Å². The van der Waals surface area contributed by atoms with Crippen LogP contribution in [0.2, 0.25) is 0 Å². The van der Waals surface area contributed by atoms with Crippen molar-refractivity contribution >= 4 is 11.6 Å². The lowest BCUT2D eigenvalue weighted by molar-refractivity contribution is -0.124. The Morgan fingerprint density at radius 2 is 1.04 bits per heavy atom. The third-order valence-electron chi connectivity index (χ3n) is 2.98. The summed E-state index contributed by atoms with van der Waals surface area (Å²) >= 11 is 0. The van der Waals surface area contributed by atoms with Crippen LogP contribution >= 0.6 is 0 Å². The van der Waals surface area contributed by atoms with Gasteiger partial charge < -0.3 is 0 Å². The molecule has 0 spiro atoms. The summed E-state index contributed by atoms with van der Waals surface area (Å²) in [6.07, 6.45) is 3.44. The van der Waals surface area contributed by atoms with Gasteiger partial charge >= 0.3 is 0 Å². The minimum absolute atomic E-state index is 0. The summed E-state index contributed by atoms with van der Waals surface area (Å²) in [5, 5.41) is 0. The molecule has 0 amide bonds. The van der Waals surface area contributed by atoms with Crippen LogP contribution in [0.15, 0.2) is 11.6 Å². The van der Waals surface area contributed by atoms with Gasteiger partial charge in [-0.15, -0.1) is 0 Å². The van der Waals surface area contributed by atoms with Gasteiger partial charge in [-0.3, -0.25) is 9.59 Å². The van der Waals surface area contributed by atoms with Crippen LogP contribution in [0.25, 0.3) is 0 Å². The van der Waals surface area contributed by atoms with E-state index in [9.17, 15) is 9.59 Å². The first-order chi connectivity index (χ1) is 9.44. The second kappa shape index (κ2) is 10.1. The van der Waals surface area contributed by atoms with Gasteiger partial charge in [0.1, 0.15) is 5.78 Å². The number of hydrogen-bond acceptors (Lipinski definition) is 2. The van der Waals surface area contributed by atoms with Crippen molar-refractivity contribution in [2.75, 3.05) is 0 Å². The fourth-order valence-electron chi connectivity index (χ4n) is 1.74. The summed E-state index contributed by atoms with van der Waals surface area (Å²) in [5.74, 6) is 0.497. The Labute approximate surface area is 146 Å². The summed E-state index contributed by atoms with van der Waals surface area (Å²) < 4.78 is 0. The summed E-state index contributed by atoms with van der Waals surface area (Å²) in [7, 11) is 0. The number of Topliss-reactive ketones (excluding diaryl/α,β-unsaturated/α-hetero) is 1. The highest BCUT2D eigenvalue weighted by atomic mass is 16.1. The molecule has 0 aromatic heterocycles. The third-order valence-corrected chi connectivity index (χ3v) is 2.98. The maximum atomic E-state index is 11.7. The highest BCUT2D eigenvalue weighted by Crippen LogP contribution is 2.25. The molecule has 0 saturated heterocycles. The van der Waals surface area contributed by atoms with Crippen molar-refractivity contribution in [3.8, 4) is 0 Å². The normalized spacial score (nSPS) is 12.7. The number of hydrogen-bond donors (Lipinski definition) is 0. The van der Waals surface area contributed by atoms with Crippen molar-refractivity contribution in [3.05, 3.63) is 11.6 Å². The standard InChI is InChI=1S/C14H26O.C6H12O.CH4/c1-11(9-13(2,3)4)8-12(15)10-14(5,6)7;1-5(7)6(2,3)4;/h8H,9-10H2,1-7H3;1-4H3;1H4/b11-8+;;. The molecule has 0 atom stereocenters. The molecule has 0 heterocycles. The SMILES string of the molecule is C.C/C(=C\C(=O)CC(C)(C)C)CC(C)(C)C.CC(=O)C(C)(C)C. The van der Waals surface area contributed by atoms with Gasteiger partial charge in [-0.05, 0) is 37.2 Å². The zero-order valence-electron chi connectivity index (χ0n) is 16.8. The smallest absolute Gasteiger partial charge is 0.156 e. The Morgan fingerprint density at radius 1 is 0.739 bits per heavy atom. The Morgan fingerprint density at radius 3 is 1.26 bits per heavy atom. The Balaban J connectivity index is -0.000000425. The fourth-order valence-corrected chi connectivity index (χ4v) is 1.74. The summed E-state index contributed by atoms with van der Waals surface area (Å²) in [6.45, 7) is 22.3. The molecule has 0 unspecified atom stereocenters. The average molecular weight is 327 g/mol. The lowest BCUT2D eigenvalue weighted by atomic mass is 9.86. The first-order valence-corrected chi connectivity index (χ1v) is 8.15. The van der Waals surface area contributed by atoms with E-state index in [1.807, 2.05) is 33.8 Å². The highest BCUT2D eigenvalue weighted by molar-refractivity contribution is 5.90. The zero-order valence-corrected chi connectivity index (χ0v) is 16.8. The van der Waals surface area contributed by atoms with Gasteiger partial charge in [-0.2, -0.15) is 0 Å². The molecule has 0 aromatic rings. The van der Waals surface area contributed by atoms with Gasteiger partial charge in [0.25, 0.3) is 0 Å². The van der Waals surface area contributed by atoms with E-state index < -0.39 is 0 Å². The van der Waals surface area contributed by atoms with E-state index in [-0.39, 0.29) is 35.2 Å². The van der Waals surface area contributed by atoms with E-state index >= 15 is 0 Å². The predicted molar refractivity (Wildman–Crippen MR) is 104 cm³/mol. The molecule has 0 bridgehead atoms. The van der Waals surface area contributed by atoms with Gasteiger partial charge in [0.15, 0.2) is 5.78 Å². The molecule has 0 N–H and O–H groups in total. The van der Waals surface area contributed by atoms with E-state index in [0.29, 0.717) is 6.42 Å². The van der Waals surface area contributed by atoms with Crippen LogP contribution in [-0.2, 0) is 9.59 Å². The van der Waals surface area contributed by atoms with Crippen molar-refractivity contribution in [1.29, 1.82) is 0 Å². The zero-order chi connectivity index (χ0) is 18.4. The van der Waals surface area contributed by atoms with E-state index in [2.05, 4.69) is 41.5 Å². The van der Waals surface area contributed by atoms with Crippen LogP contribution < -0.4 is 0 Å². The van der Waals surface area contributed by atoms with Crippen LogP contribution in [0.4, 0.5) is 0 Å². The molecular formula is C21H42O2. The number of allylic oxidation sites excluding steroid dienone is 2. The molecule has 2 heteroatoms. The maximum Gasteiger partial charge on any atom is 0.156 e. The van der Waals surface area contributed by atoms with Gasteiger partial charge in [-0.1, -0.05) is 75.3 Å². The fraction of sp³-hybridized carbons (Fsp3) is 0.810. The molecule has 0 aliphatic rings. The molecule has 138 valence electrons. The number of carbonyl (C=O) groups excluding carboxylic acids is 2. The lowest BCUT2D eigenvalue weighted by Crippen LogP contribution is -2.15. The molecule has 0 aliphatic carbocycles. The van der Waals surface area contributed by atoms with Gasteiger partial charge in [0.05, 0.1) is 0 Å². The quantitative estimate of drug-likeness (QED) is 0.545. The third kappa shape index (κ3) is 21.1. The largest absolute Gasteiger partial charge is 0.299 e. The van der Waals surface area contributed by atoms with Crippen LogP contribution in [0.5, 0.6) is 0 Å². The van der Waals surface area contributed by atoms with E-state index in [4.69, 9.17) is 0 Å². The van der Waals surface area contributed by atoms with Crippen LogP contribution in [-0.4, -0.2) is 11.6 Å². The summed E-state index contributed by atoms with van der Waals surface area (Å²) in [6, 6.07) is 0. The van der Waals surface area contributed by atoms with Crippen molar-refractivity contribution < 1.29 is 9.59 Å². The monoisotopic (exact) mass is 326 g/mol. The second-order valence-corrected chi connectivity index (χ2v) is 9.74. The van der Waals surface area contributed by atoms with Crippen molar-refractivity contribution in [2.45, 2.75) is 96.4 Å². The number of carbonyl (C=O) groups is 2. The Bertz CT molecular complexity index is 393. The molecule has 0 fully saturated rings. The first-order valence-electron chi connectivity index (χ1n) is 8.15. The summed E-state index contributed by atoms with van der Waals surface area (Å²) in [4.78, 5) is 22.1. The molecule has 23 heavy (non-hydrogen) atoms. The van der Waals surface area contributed by atoms with Crippen molar-refractivity contribution in [2.24, 2.45) is 16.2 Å². The molecule has 0 saturated carbocycles. The topological polar surface area (TPSA) is 34.1 Å². The minimum atomic E-state index is -0.139. The first kappa shape index (κ1) is 27.0. The van der Waals surface area contributed by atoms with E-state index in [1.165, 1.54) is 5.57 Å². The molecule has 2 nitrogen and oxygen atoms in total. The molecule has 0 radical (unpaired) electrons. The lowest BCUT2D eigenvalue weighted by Gasteiger charge is -2.19. The van der Waals surface area contributed by atoms with Gasteiger partial charge in [-0.25, -0.2) is 0 Å². The molecular weight excluding hydrogens is 284 g/mol. The van der Waals surface area contributed by atoms with Crippen LogP contribution in [0, 0.1) is 16.2 Å². The number of rotatable bonds is 3. The Kier molecular flexibility index (Phi) is 11.8. The van der Waals surface area contributed by atoms with Gasteiger partial charge in [0, 0.05) is 11.8 Å². The van der Waals surface area contributed by atoms with Gasteiger partial charge in [0.2, 0.25) is 0 Å². The molecule has 0 aliphatic heterocycles. The maximum absolute atomic E-state index is 11.7. The van der Waals surface area contributed by atoms with Crippen LogP contribution in [0.1, 0.15) is 96.4 Å². The highest BCUT2D eigenvalue weighted by Gasteiger charge is 2.16. The minimum Gasteiger partial charge on any atom is -0.299 e. The molecule has 0 aromatic carbocycles. The Hall–Kier alpha value is -0.920. The summed E-state index contributed by atoms with van der Waals surface area (Å²) in [5.41, 5.74) is 1.41. The predicted octanol–water partition coefficient (Wildman–Crippen LogP) is 6.63. The van der Waals surface area contributed by atoms with Crippen molar-refractivity contribution in [1.82, 2.24) is 0 Å².